The average Bonchev–Trinajstić information content (AvgIpc) is 3.12. The number of nitrogens with one attached hydrogen (secondary N) is 1. The fourth-order valence-corrected chi connectivity index (χ4v) is 4.17. The SMILES string of the molecule is FC(F)(F)C(F)(F)C(F)(F)C(F)(F)C(F)(F)C(F)(F)C(F)(F)C(F)(F)C(F)(F)C(F)(F)C(F)(F)CNCC(F)(F)C(F)(F)C(F)(F)C(F)(F)C(F)(F)C(F)(F)C(F)(F)C(F)(F)C(F)(F)C(F)(F)C(F)(F)F. The van der Waals surface area contributed by atoms with Gasteiger partial charge >= 0.3 is 131 Å². The standard InChI is InChI=1S/C24H5F46N/c25-3(26,5(29,30)7(33,34)9(37,38)11(41,42)13(45,46)15(49,50)17(53,54)19(57,58)21(61,62)23(65,66)67)1-71-2-4(27,28)6(31,32)8(35,36)10(39,40)12(43,44)14(47,48)16(51,52)18(55,56)20(59,60)22(63,64)24(68,69)70/h71H,1-2H2. The number of hydrogen-bond acceptors (Lipinski definition) is 1. The van der Waals surface area contributed by atoms with E-state index in [2.05, 4.69) is 0 Å². The van der Waals surface area contributed by atoms with Crippen LogP contribution in [0.5, 0.6) is 0 Å². The van der Waals surface area contributed by atoms with E-state index < -0.39 is 149 Å². The summed E-state index contributed by atoms with van der Waals surface area (Å²) in [5, 5.41) is -0.981. The summed E-state index contributed by atoms with van der Waals surface area (Å²) in [6.07, 6.45) is -16.9. The summed E-state index contributed by atoms with van der Waals surface area (Å²) in [5.41, 5.74) is 0. The molecule has 0 bridgehead atoms. The number of halogens is 46. The Morgan fingerprint density at radius 3 is 0.352 bits per heavy atom. The Labute approximate surface area is 352 Å². The molecule has 0 aliphatic rings. The van der Waals surface area contributed by atoms with Gasteiger partial charge in [0.25, 0.3) is 0 Å². The molecule has 0 spiro atoms. The molecule has 0 aliphatic heterocycles. The van der Waals surface area contributed by atoms with E-state index in [-0.39, 0.29) is 0 Å². The van der Waals surface area contributed by atoms with Gasteiger partial charge in [0, 0.05) is 0 Å². The van der Waals surface area contributed by atoms with Crippen LogP contribution in [-0.2, 0) is 0 Å². The summed E-state index contributed by atoms with van der Waals surface area (Å²) < 4.78 is 619. The maximum Gasteiger partial charge on any atom is 0.460 e. The van der Waals surface area contributed by atoms with Crippen LogP contribution in [-0.4, -0.2) is 144 Å². The van der Waals surface area contributed by atoms with Crippen molar-refractivity contribution in [3.05, 3.63) is 0 Å². The van der Waals surface area contributed by atoms with Crippen LogP contribution in [0.3, 0.4) is 0 Å². The van der Waals surface area contributed by atoms with E-state index in [0.717, 1.165) is 0 Å². The summed E-state index contributed by atoms with van der Waals surface area (Å²) >= 11 is 0. The minimum absolute atomic E-state index is 0.981. The smallest absolute Gasteiger partial charge is 0.305 e. The highest BCUT2D eigenvalue weighted by Gasteiger charge is 3.01. The van der Waals surface area contributed by atoms with Crippen molar-refractivity contribution in [2.75, 3.05) is 13.1 Å². The maximum absolute atomic E-state index is 14.0. The van der Waals surface area contributed by atoms with Gasteiger partial charge in [0.2, 0.25) is 0 Å². The van der Waals surface area contributed by atoms with Crippen molar-refractivity contribution in [2.45, 2.75) is 131 Å². The first-order chi connectivity index (χ1) is 29.7. The van der Waals surface area contributed by atoms with E-state index >= 15 is 0 Å². The van der Waals surface area contributed by atoms with Gasteiger partial charge in [0.05, 0.1) is 13.1 Å². The molecule has 428 valence electrons. The molecule has 0 aromatic carbocycles. The van der Waals surface area contributed by atoms with Gasteiger partial charge in [-0.3, -0.25) is 0 Å². The summed E-state index contributed by atoms with van der Waals surface area (Å²) in [6, 6.07) is 0. The zero-order chi connectivity index (χ0) is 59.1. The van der Waals surface area contributed by atoms with Gasteiger partial charge in [0.15, 0.2) is 0 Å². The first-order valence-electron chi connectivity index (χ1n) is 15.1. The molecular formula is C24H5F46N. The highest BCUT2D eigenvalue weighted by molar-refractivity contribution is 5.21. The second-order valence-corrected chi connectivity index (χ2v) is 13.3. The molecule has 0 aromatic heterocycles. The summed E-state index contributed by atoms with van der Waals surface area (Å²) in [7, 11) is 0. The van der Waals surface area contributed by atoms with Crippen LogP contribution in [0.25, 0.3) is 0 Å². The molecule has 0 heterocycles. The zero-order valence-corrected chi connectivity index (χ0v) is 30.3. The molecular weight excluding hydrogens is 1180 g/mol. The number of hydrogen-bond donors (Lipinski definition) is 1. The zero-order valence-electron chi connectivity index (χ0n) is 30.3. The number of alkyl halides is 46. The van der Waals surface area contributed by atoms with Crippen molar-refractivity contribution >= 4 is 0 Å². The summed E-state index contributed by atoms with van der Waals surface area (Å²) in [6.45, 7) is -9.67. The molecule has 71 heavy (non-hydrogen) atoms. The quantitative estimate of drug-likeness (QED) is 0.107. The van der Waals surface area contributed by atoms with Gasteiger partial charge in [-0.05, 0) is 0 Å². The average molecular weight is 1180 g/mol. The minimum atomic E-state index is -10.0. The van der Waals surface area contributed by atoms with E-state index in [1.807, 2.05) is 0 Å². The monoisotopic (exact) mass is 1180 g/mol. The molecule has 1 nitrogen and oxygen atoms in total. The van der Waals surface area contributed by atoms with Gasteiger partial charge in [-0.2, -0.15) is 202 Å². The lowest BCUT2D eigenvalue weighted by molar-refractivity contribution is -0.478. The lowest BCUT2D eigenvalue weighted by atomic mass is 9.85. The Hall–Kier alpha value is -3.26. The lowest BCUT2D eigenvalue weighted by Gasteiger charge is -2.45. The van der Waals surface area contributed by atoms with Gasteiger partial charge in [0.1, 0.15) is 0 Å². The van der Waals surface area contributed by atoms with Crippen LogP contribution in [0.1, 0.15) is 0 Å². The Balaban J connectivity index is 7.29. The molecule has 0 saturated heterocycles. The second kappa shape index (κ2) is 16.6. The first kappa shape index (κ1) is 67.7. The van der Waals surface area contributed by atoms with Crippen LogP contribution >= 0.6 is 0 Å². The molecule has 47 heteroatoms. The Morgan fingerprint density at radius 2 is 0.239 bits per heavy atom. The third-order valence-electron chi connectivity index (χ3n) is 8.63. The minimum Gasteiger partial charge on any atom is -0.305 e. The van der Waals surface area contributed by atoms with Crippen LogP contribution < -0.4 is 5.32 Å². The predicted octanol–water partition coefficient (Wildman–Crippen LogP) is 14.4. The fourth-order valence-electron chi connectivity index (χ4n) is 4.17. The molecule has 0 radical (unpaired) electrons. The van der Waals surface area contributed by atoms with Crippen molar-refractivity contribution in [2.24, 2.45) is 0 Å². The van der Waals surface area contributed by atoms with Gasteiger partial charge < -0.3 is 5.32 Å². The largest absolute Gasteiger partial charge is 0.460 e. The van der Waals surface area contributed by atoms with E-state index in [1.54, 1.807) is 0 Å². The lowest BCUT2D eigenvalue weighted by Crippen LogP contribution is -2.78. The molecule has 1 N–H and O–H groups in total. The fraction of sp³-hybridized carbons (Fsp3) is 1.00. The molecule has 0 fully saturated rings. The van der Waals surface area contributed by atoms with Gasteiger partial charge in [-0.15, -0.1) is 0 Å². The van der Waals surface area contributed by atoms with Crippen LogP contribution in [0.15, 0.2) is 0 Å². The van der Waals surface area contributed by atoms with Crippen molar-refractivity contribution in [3.8, 4) is 0 Å². The van der Waals surface area contributed by atoms with E-state index in [1.165, 1.54) is 0 Å². The van der Waals surface area contributed by atoms with Crippen LogP contribution in [0.4, 0.5) is 202 Å². The van der Waals surface area contributed by atoms with Gasteiger partial charge in [-0.25, -0.2) is 0 Å². The summed E-state index contributed by atoms with van der Waals surface area (Å²) in [5.74, 6) is -191. The van der Waals surface area contributed by atoms with Crippen molar-refractivity contribution < 1.29 is 202 Å². The summed E-state index contributed by atoms with van der Waals surface area (Å²) in [4.78, 5) is 0. The van der Waals surface area contributed by atoms with E-state index in [0.29, 0.717) is 0 Å². The molecule has 0 rings (SSSR count). The van der Waals surface area contributed by atoms with E-state index in [9.17, 15) is 202 Å². The predicted molar refractivity (Wildman–Crippen MR) is 124 cm³/mol. The maximum atomic E-state index is 14.0. The van der Waals surface area contributed by atoms with Crippen LogP contribution in [0.2, 0.25) is 0 Å². The Kier molecular flexibility index (Phi) is 15.9. The molecule has 0 amide bonds. The first-order valence-corrected chi connectivity index (χ1v) is 15.1. The van der Waals surface area contributed by atoms with Gasteiger partial charge in [-0.1, -0.05) is 0 Å². The van der Waals surface area contributed by atoms with Crippen molar-refractivity contribution in [3.63, 3.8) is 0 Å². The van der Waals surface area contributed by atoms with Crippen molar-refractivity contribution in [1.82, 2.24) is 5.32 Å². The third kappa shape index (κ3) is 8.20. The molecule has 0 aliphatic carbocycles. The third-order valence-corrected chi connectivity index (χ3v) is 8.63. The normalized spacial score (nSPS) is 17.3. The topological polar surface area (TPSA) is 12.0 Å². The molecule has 0 aromatic rings. The highest BCUT2D eigenvalue weighted by atomic mass is 19.5. The van der Waals surface area contributed by atoms with Crippen molar-refractivity contribution in [1.29, 1.82) is 0 Å². The Morgan fingerprint density at radius 1 is 0.141 bits per heavy atom. The highest BCUT2D eigenvalue weighted by Crippen LogP contribution is 2.69. The van der Waals surface area contributed by atoms with E-state index in [4.69, 9.17) is 0 Å². The molecule has 0 atom stereocenters. The second-order valence-electron chi connectivity index (χ2n) is 13.3. The molecule has 0 saturated carbocycles. The van der Waals surface area contributed by atoms with Crippen LogP contribution in [0, 0.1) is 0 Å². The molecule has 0 unspecified atom stereocenters. The number of rotatable bonds is 22. The Bertz CT molecular complexity index is 1750.